The SMILES string of the molecule is CC(=O)N[C@@H](C(=O)N[C@@H](Cc1ccccc1Cl)C(N)=O)C(C)C. The number of hydrogen-bond acceptors (Lipinski definition) is 3. The van der Waals surface area contributed by atoms with Crippen molar-refractivity contribution < 1.29 is 14.4 Å². The van der Waals surface area contributed by atoms with Crippen molar-refractivity contribution in [3.05, 3.63) is 34.9 Å². The second-order valence-corrected chi connectivity index (χ2v) is 6.09. The highest BCUT2D eigenvalue weighted by Gasteiger charge is 2.27. The molecule has 1 aromatic carbocycles. The van der Waals surface area contributed by atoms with E-state index in [9.17, 15) is 14.4 Å². The van der Waals surface area contributed by atoms with Crippen molar-refractivity contribution in [1.82, 2.24) is 10.6 Å². The molecule has 6 nitrogen and oxygen atoms in total. The second kappa shape index (κ2) is 8.53. The van der Waals surface area contributed by atoms with Crippen LogP contribution in [0.2, 0.25) is 5.02 Å². The molecule has 0 unspecified atom stereocenters. The van der Waals surface area contributed by atoms with Gasteiger partial charge in [-0.05, 0) is 17.5 Å². The summed E-state index contributed by atoms with van der Waals surface area (Å²) >= 11 is 6.07. The summed E-state index contributed by atoms with van der Waals surface area (Å²) in [5.41, 5.74) is 6.08. The van der Waals surface area contributed by atoms with Crippen molar-refractivity contribution in [2.75, 3.05) is 0 Å². The summed E-state index contributed by atoms with van der Waals surface area (Å²) in [5, 5.41) is 5.66. The highest BCUT2D eigenvalue weighted by Crippen LogP contribution is 2.16. The molecule has 0 heterocycles. The molecule has 0 aliphatic heterocycles. The van der Waals surface area contributed by atoms with Crippen molar-refractivity contribution >= 4 is 29.3 Å². The molecule has 0 saturated carbocycles. The Morgan fingerprint density at radius 1 is 1.17 bits per heavy atom. The van der Waals surface area contributed by atoms with Gasteiger partial charge in [0.1, 0.15) is 12.1 Å². The number of nitrogens with two attached hydrogens (primary N) is 1. The van der Waals surface area contributed by atoms with Gasteiger partial charge in [-0.3, -0.25) is 14.4 Å². The molecule has 0 radical (unpaired) electrons. The number of hydrogen-bond donors (Lipinski definition) is 3. The quantitative estimate of drug-likeness (QED) is 0.691. The molecule has 0 saturated heterocycles. The summed E-state index contributed by atoms with van der Waals surface area (Å²) in [6.07, 6.45) is 0.186. The maximum Gasteiger partial charge on any atom is 0.243 e. The topological polar surface area (TPSA) is 101 Å². The normalized spacial score (nSPS) is 13.3. The van der Waals surface area contributed by atoms with E-state index in [1.165, 1.54) is 6.92 Å². The molecule has 3 amide bonds. The first kappa shape index (κ1) is 19.0. The fourth-order valence-electron chi connectivity index (χ4n) is 2.12. The van der Waals surface area contributed by atoms with Gasteiger partial charge in [0.2, 0.25) is 17.7 Å². The van der Waals surface area contributed by atoms with Gasteiger partial charge < -0.3 is 16.4 Å². The van der Waals surface area contributed by atoms with Crippen LogP contribution in [-0.4, -0.2) is 29.8 Å². The first-order valence-corrected chi connectivity index (χ1v) is 7.70. The van der Waals surface area contributed by atoms with Gasteiger partial charge in [-0.15, -0.1) is 0 Å². The van der Waals surface area contributed by atoms with E-state index in [0.717, 1.165) is 0 Å². The zero-order valence-electron chi connectivity index (χ0n) is 13.4. The Hall–Kier alpha value is -2.08. The molecule has 23 heavy (non-hydrogen) atoms. The fraction of sp³-hybridized carbons (Fsp3) is 0.438. The number of rotatable bonds is 7. The molecule has 0 bridgehead atoms. The molecule has 7 heteroatoms. The Labute approximate surface area is 140 Å². The molecule has 4 N–H and O–H groups in total. The Morgan fingerprint density at radius 3 is 2.26 bits per heavy atom. The summed E-state index contributed by atoms with van der Waals surface area (Å²) in [6.45, 7) is 4.93. The van der Waals surface area contributed by atoms with Crippen LogP contribution in [0.15, 0.2) is 24.3 Å². The van der Waals surface area contributed by atoms with E-state index in [0.29, 0.717) is 10.6 Å². The van der Waals surface area contributed by atoms with Crippen LogP contribution >= 0.6 is 11.6 Å². The Balaban J connectivity index is 2.86. The van der Waals surface area contributed by atoms with Crippen LogP contribution in [0.1, 0.15) is 26.3 Å². The third-order valence-electron chi connectivity index (χ3n) is 3.35. The highest BCUT2D eigenvalue weighted by atomic mass is 35.5. The lowest BCUT2D eigenvalue weighted by Crippen LogP contribution is -2.55. The lowest BCUT2D eigenvalue weighted by atomic mass is 10.0. The van der Waals surface area contributed by atoms with Gasteiger partial charge in [0, 0.05) is 18.4 Å². The molecule has 1 rings (SSSR count). The number of carbonyl (C=O) groups excluding carboxylic acids is 3. The van der Waals surface area contributed by atoms with Crippen molar-refractivity contribution in [2.24, 2.45) is 11.7 Å². The molecular formula is C16H22ClN3O3. The average molecular weight is 340 g/mol. The number of halogens is 1. The summed E-state index contributed by atoms with van der Waals surface area (Å²) < 4.78 is 0. The maximum absolute atomic E-state index is 12.3. The van der Waals surface area contributed by atoms with Crippen LogP contribution in [0, 0.1) is 5.92 Å². The van der Waals surface area contributed by atoms with Crippen LogP contribution in [0.3, 0.4) is 0 Å². The van der Waals surface area contributed by atoms with Gasteiger partial charge in [0.15, 0.2) is 0 Å². The van der Waals surface area contributed by atoms with Gasteiger partial charge >= 0.3 is 0 Å². The van der Waals surface area contributed by atoms with Gasteiger partial charge in [-0.2, -0.15) is 0 Å². The fourth-order valence-corrected chi connectivity index (χ4v) is 2.33. The first-order chi connectivity index (χ1) is 10.7. The Kier molecular flexibility index (Phi) is 7.03. The molecule has 126 valence electrons. The van der Waals surface area contributed by atoms with Gasteiger partial charge in [-0.25, -0.2) is 0 Å². The van der Waals surface area contributed by atoms with Gasteiger partial charge in [0.05, 0.1) is 0 Å². The van der Waals surface area contributed by atoms with E-state index in [1.807, 2.05) is 0 Å². The third-order valence-corrected chi connectivity index (χ3v) is 3.72. The zero-order chi connectivity index (χ0) is 17.6. The highest BCUT2D eigenvalue weighted by molar-refractivity contribution is 6.31. The number of nitrogens with one attached hydrogen (secondary N) is 2. The second-order valence-electron chi connectivity index (χ2n) is 5.68. The van der Waals surface area contributed by atoms with Crippen molar-refractivity contribution in [3.8, 4) is 0 Å². The molecule has 2 atom stereocenters. The molecule has 1 aromatic rings. The lowest BCUT2D eigenvalue weighted by Gasteiger charge is -2.24. The monoisotopic (exact) mass is 339 g/mol. The lowest BCUT2D eigenvalue weighted by molar-refractivity contribution is -0.131. The van der Waals surface area contributed by atoms with E-state index in [-0.39, 0.29) is 18.2 Å². The van der Waals surface area contributed by atoms with Crippen LogP contribution in [0.25, 0.3) is 0 Å². The van der Waals surface area contributed by atoms with E-state index >= 15 is 0 Å². The standard InChI is InChI=1S/C16H22ClN3O3/c1-9(2)14(19-10(3)21)16(23)20-13(15(18)22)8-11-6-4-5-7-12(11)17/h4-7,9,13-14H,8H2,1-3H3,(H2,18,22)(H,19,21)(H,20,23)/t13-,14+/m0/s1. The largest absolute Gasteiger partial charge is 0.368 e. The number of amides is 3. The minimum Gasteiger partial charge on any atom is -0.368 e. The summed E-state index contributed by atoms with van der Waals surface area (Å²) in [4.78, 5) is 35.2. The van der Waals surface area contributed by atoms with E-state index < -0.39 is 23.9 Å². The summed E-state index contributed by atoms with van der Waals surface area (Å²) in [6, 6.07) is 5.38. The van der Waals surface area contributed by atoms with Crippen molar-refractivity contribution in [3.63, 3.8) is 0 Å². The minimum atomic E-state index is -0.905. The van der Waals surface area contributed by atoms with E-state index in [4.69, 9.17) is 17.3 Å². The summed E-state index contributed by atoms with van der Waals surface area (Å²) in [5.74, 6) is -1.57. The molecule has 0 aliphatic carbocycles. The van der Waals surface area contributed by atoms with Gasteiger partial charge in [-0.1, -0.05) is 43.6 Å². The molecule has 0 spiro atoms. The van der Waals surface area contributed by atoms with Crippen LogP contribution in [0.4, 0.5) is 0 Å². The van der Waals surface area contributed by atoms with Crippen LogP contribution in [-0.2, 0) is 20.8 Å². The number of primary amides is 1. The maximum atomic E-state index is 12.3. The van der Waals surface area contributed by atoms with Crippen molar-refractivity contribution in [2.45, 2.75) is 39.3 Å². The van der Waals surface area contributed by atoms with Crippen LogP contribution < -0.4 is 16.4 Å². The van der Waals surface area contributed by atoms with Crippen molar-refractivity contribution in [1.29, 1.82) is 0 Å². The molecule has 0 fully saturated rings. The van der Waals surface area contributed by atoms with Crippen LogP contribution in [0.5, 0.6) is 0 Å². The number of benzene rings is 1. The molecule has 0 aromatic heterocycles. The predicted octanol–water partition coefficient (Wildman–Crippen LogP) is 1.01. The zero-order valence-corrected chi connectivity index (χ0v) is 14.2. The summed E-state index contributed by atoms with van der Waals surface area (Å²) in [7, 11) is 0. The average Bonchev–Trinajstić information content (AvgIpc) is 2.45. The number of carbonyl (C=O) groups is 3. The minimum absolute atomic E-state index is 0.132. The first-order valence-electron chi connectivity index (χ1n) is 7.32. The molecular weight excluding hydrogens is 318 g/mol. The Morgan fingerprint density at radius 2 is 1.78 bits per heavy atom. The third kappa shape index (κ3) is 5.90. The van der Waals surface area contributed by atoms with Gasteiger partial charge in [0.25, 0.3) is 0 Å². The molecule has 0 aliphatic rings. The van der Waals surface area contributed by atoms with E-state index in [1.54, 1.807) is 38.1 Å². The Bertz CT molecular complexity index is 590. The van der Waals surface area contributed by atoms with E-state index in [2.05, 4.69) is 10.6 Å². The predicted molar refractivity (Wildman–Crippen MR) is 88.7 cm³/mol. The smallest absolute Gasteiger partial charge is 0.243 e.